The minimum Gasteiger partial charge on any atom is -0.481 e. The molecule has 0 aliphatic heterocycles. The summed E-state index contributed by atoms with van der Waals surface area (Å²) in [5.74, 6) is -10.4. The highest BCUT2D eigenvalue weighted by Crippen LogP contribution is 2.13. The molecule has 0 aliphatic carbocycles. The lowest BCUT2D eigenvalue weighted by molar-refractivity contribution is -0.142. The summed E-state index contributed by atoms with van der Waals surface area (Å²) in [5, 5.41) is 48.5. The summed E-state index contributed by atoms with van der Waals surface area (Å²) >= 11 is 4.06. The normalized spacial score (nSPS) is 16.0. The van der Waals surface area contributed by atoms with Crippen molar-refractivity contribution in [1.29, 1.82) is 0 Å². The Morgan fingerprint density at radius 1 is 0.500 bits per heavy atom. The first kappa shape index (κ1) is 59.0. The Bertz CT molecular complexity index is 1610. The molecular formula is C41H73N9O13S. The van der Waals surface area contributed by atoms with Crippen LogP contribution in [0, 0.1) is 23.7 Å². The van der Waals surface area contributed by atoms with Crippen molar-refractivity contribution >= 4 is 71.8 Å². The maximum atomic E-state index is 13.8. The third-order valence-corrected chi connectivity index (χ3v) is 10.2. The summed E-state index contributed by atoms with van der Waals surface area (Å²) in [5.41, 5.74) is 5.69. The number of carboxylic acids is 2. The van der Waals surface area contributed by atoms with Crippen molar-refractivity contribution in [3.05, 3.63) is 0 Å². The van der Waals surface area contributed by atoms with Gasteiger partial charge >= 0.3 is 11.9 Å². The molecule has 0 unspecified atom stereocenters. The van der Waals surface area contributed by atoms with E-state index in [4.69, 9.17) is 5.73 Å². The number of nitrogens with two attached hydrogens (primary N) is 1. The summed E-state index contributed by atoms with van der Waals surface area (Å²) in [6, 6.07) is -11.7. The van der Waals surface area contributed by atoms with Gasteiger partial charge in [0, 0.05) is 12.2 Å². The van der Waals surface area contributed by atoms with Crippen molar-refractivity contribution in [2.45, 2.75) is 162 Å². The molecule has 0 aromatic heterocycles. The van der Waals surface area contributed by atoms with Gasteiger partial charge in [-0.3, -0.25) is 43.2 Å². The number of thiol groups is 1. The topological polar surface area (TPSA) is 354 Å². The first-order valence-corrected chi connectivity index (χ1v) is 22.2. The van der Waals surface area contributed by atoms with Gasteiger partial charge in [0.2, 0.25) is 47.3 Å². The van der Waals surface area contributed by atoms with Gasteiger partial charge in [-0.25, -0.2) is 4.79 Å². The maximum absolute atomic E-state index is 13.8. The molecule has 8 amide bonds. The number of nitrogens with one attached hydrogen (secondary N) is 8. The van der Waals surface area contributed by atoms with Crippen molar-refractivity contribution in [2.24, 2.45) is 29.4 Å². The molecule has 0 aliphatic rings. The van der Waals surface area contributed by atoms with Gasteiger partial charge in [-0.05, 0) is 63.2 Å². The summed E-state index contributed by atoms with van der Waals surface area (Å²) < 4.78 is 0. The SMILES string of the molecule is CC[C@H](C)[C@H](NC(=O)[C@H](CCC(=O)O)NC(=O)[C@H](CC(C)C)NC(=O)[C@H](CC(C)C)NC(=O)[C@H](C)N)C(=O)N[C@@H](C)C(=O)N[C@@H](CO)C(=O)N[C@@H](CS)C(=O)N[C@@H](CC(C)C)C(=O)O. The zero-order valence-electron chi connectivity index (χ0n) is 38.6. The quantitative estimate of drug-likeness (QED) is 0.0357. The second-order valence-electron chi connectivity index (χ2n) is 17.3. The zero-order valence-corrected chi connectivity index (χ0v) is 39.5. The second-order valence-corrected chi connectivity index (χ2v) is 17.6. The largest absolute Gasteiger partial charge is 0.481 e. The van der Waals surface area contributed by atoms with Crippen LogP contribution in [0.5, 0.6) is 0 Å². The average Bonchev–Trinajstić information content (AvgIpc) is 3.19. The maximum Gasteiger partial charge on any atom is 0.326 e. The lowest BCUT2D eigenvalue weighted by Gasteiger charge is -2.29. The first-order chi connectivity index (χ1) is 29.7. The van der Waals surface area contributed by atoms with Crippen LogP contribution >= 0.6 is 12.6 Å². The highest BCUT2D eigenvalue weighted by Gasteiger charge is 2.35. The smallest absolute Gasteiger partial charge is 0.326 e. The molecule has 22 nitrogen and oxygen atoms in total. The predicted molar refractivity (Wildman–Crippen MR) is 238 cm³/mol. The van der Waals surface area contributed by atoms with E-state index in [1.807, 2.05) is 13.8 Å². The number of amides is 8. The van der Waals surface area contributed by atoms with Crippen molar-refractivity contribution in [1.82, 2.24) is 42.5 Å². The molecule has 0 fully saturated rings. The minimum absolute atomic E-state index is 0.0444. The van der Waals surface area contributed by atoms with Gasteiger partial charge in [0.15, 0.2) is 0 Å². The van der Waals surface area contributed by atoms with Crippen molar-refractivity contribution in [2.75, 3.05) is 12.4 Å². The van der Waals surface area contributed by atoms with E-state index in [-0.39, 0.29) is 42.8 Å². The van der Waals surface area contributed by atoms with E-state index in [9.17, 15) is 63.3 Å². The molecule has 10 atom stereocenters. The number of rotatable bonds is 30. The number of carbonyl (C=O) groups excluding carboxylic acids is 8. The second kappa shape index (κ2) is 29.4. The van der Waals surface area contributed by atoms with Crippen molar-refractivity contribution in [3.63, 3.8) is 0 Å². The highest BCUT2D eigenvalue weighted by atomic mass is 32.1. The van der Waals surface area contributed by atoms with E-state index < -0.39 is 139 Å². The third kappa shape index (κ3) is 22.0. The molecular weight excluding hydrogens is 859 g/mol. The molecule has 64 heavy (non-hydrogen) atoms. The lowest BCUT2D eigenvalue weighted by Crippen LogP contribution is -2.61. The monoisotopic (exact) mass is 932 g/mol. The van der Waals surface area contributed by atoms with Crippen LogP contribution in [0.1, 0.15) is 108 Å². The van der Waals surface area contributed by atoms with E-state index >= 15 is 0 Å². The summed E-state index contributed by atoms with van der Waals surface area (Å²) in [6.07, 6.45) is -0.252. The minimum atomic E-state index is -1.63. The lowest BCUT2D eigenvalue weighted by atomic mass is 9.97. The van der Waals surface area contributed by atoms with Crippen LogP contribution in [0.3, 0.4) is 0 Å². The average molecular weight is 932 g/mol. The van der Waals surface area contributed by atoms with Gasteiger partial charge in [0.25, 0.3) is 0 Å². The van der Waals surface area contributed by atoms with E-state index in [2.05, 4.69) is 55.2 Å². The fourth-order valence-electron chi connectivity index (χ4n) is 6.04. The summed E-state index contributed by atoms with van der Waals surface area (Å²) in [7, 11) is 0. The highest BCUT2D eigenvalue weighted by molar-refractivity contribution is 7.80. The van der Waals surface area contributed by atoms with Gasteiger partial charge in [0.1, 0.15) is 48.3 Å². The van der Waals surface area contributed by atoms with Crippen LogP contribution in [-0.4, -0.2) is 141 Å². The number of aliphatic hydroxyl groups excluding tert-OH is 1. The Kier molecular flexibility index (Phi) is 27.1. The molecule has 0 bridgehead atoms. The Balaban J connectivity index is 6.17. The molecule has 0 aromatic carbocycles. The van der Waals surface area contributed by atoms with Gasteiger partial charge in [0.05, 0.1) is 12.6 Å². The molecule has 13 N–H and O–H groups in total. The standard InChI is InChI=1S/C41H73N9O13S/c1-11-22(8)32(40(61)43-24(10)34(55)48-29(17-51)38(59)49-30(18-64)39(60)47-28(41(62)63)16-21(6)7)50-35(56)25(12-13-31(52)53)44-36(57)27(15-20(4)5)46-37(58)26(14-19(2)3)45-33(54)23(9)42/h19-30,32,51,64H,11-18,42H2,1-10H3,(H,43,61)(H,44,57)(H,45,54)(H,46,58)(H,47,60)(H,48,55)(H,49,59)(H,50,56)(H,52,53)(H,62,63)/t22-,23-,24-,25-,26-,27-,28-,29-,30-,32-/m0/s1. The van der Waals surface area contributed by atoms with E-state index in [0.717, 1.165) is 0 Å². The molecule has 0 rings (SSSR count). The van der Waals surface area contributed by atoms with Gasteiger partial charge in [-0.15, -0.1) is 0 Å². The molecule has 366 valence electrons. The van der Waals surface area contributed by atoms with Gasteiger partial charge in [-0.2, -0.15) is 12.6 Å². The number of hydrogen-bond donors (Lipinski definition) is 13. The number of carbonyl (C=O) groups is 10. The zero-order chi connectivity index (χ0) is 49.6. The number of aliphatic carboxylic acids is 2. The van der Waals surface area contributed by atoms with Gasteiger partial charge < -0.3 is 63.6 Å². The Labute approximate surface area is 380 Å². The van der Waals surface area contributed by atoms with E-state index in [0.29, 0.717) is 6.42 Å². The van der Waals surface area contributed by atoms with Crippen LogP contribution in [0.15, 0.2) is 0 Å². The Morgan fingerprint density at radius 3 is 1.31 bits per heavy atom. The van der Waals surface area contributed by atoms with Crippen molar-refractivity contribution in [3.8, 4) is 0 Å². The first-order valence-electron chi connectivity index (χ1n) is 21.5. The van der Waals surface area contributed by atoms with Crippen molar-refractivity contribution < 1.29 is 63.3 Å². The molecule has 0 heterocycles. The third-order valence-electron chi connectivity index (χ3n) is 9.87. The van der Waals surface area contributed by atoms with Crippen LogP contribution < -0.4 is 48.3 Å². The van der Waals surface area contributed by atoms with E-state index in [1.165, 1.54) is 13.8 Å². The number of aliphatic hydroxyl groups is 1. The molecule has 0 saturated carbocycles. The molecule has 0 spiro atoms. The predicted octanol–water partition coefficient (Wildman–Crippen LogP) is -1.71. The fourth-order valence-corrected chi connectivity index (χ4v) is 6.29. The van der Waals surface area contributed by atoms with Crippen LogP contribution in [0.25, 0.3) is 0 Å². The Morgan fingerprint density at radius 2 is 0.891 bits per heavy atom. The summed E-state index contributed by atoms with van der Waals surface area (Å²) in [6.45, 7) is 15.9. The number of carboxylic acid groups (broad SMARTS) is 2. The van der Waals surface area contributed by atoms with Gasteiger partial charge in [-0.1, -0.05) is 61.8 Å². The number of hydrogen-bond acceptors (Lipinski definition) is 13. The molecule has 0 radical (unpaired) electrons. The van der Waals surface area contributed by atoms with Crippen LogP contribution in [-0.2, 0) is 47.9 Å². The van der Waals surface area contributed by atoms with E-state index in [1.54, 1.807) is 41.5 Å². The molecule has 23 heteroatoms. The molecule has 0 saturated heterocycles. The Hall–Kier alpha value is -5.03. The van der Waals surface area contributed by atoms with Crippen LogP contribution in [0.2, 0.25) is 0 Å². The molecule has 0 aromatic rings. The summed E-state index contributed by atoms with van der Waals surface area (Å²) in [4.78, 5) is 129. The fraction of sp³-hybridized carbons (Fsp3) is 0.756. The van der Waals surface area contributed by atoms with Crippen LogP contribution in [0.4, 0.5) is 0 Å².